The summed E-state index contributed by atoms with van der Waals surface area (Å²) in [6.07, 6.45) is 2.17. The van der Waals surface area contributed by atoms with Gasteiger partial charge in [0.05, 0.1) is 0 Å². The van der Waals surface area contributed by atoms with Gasteiger partial charge in [0.2, 0.25) is 0 Å². The van der Waals surface area contributed by atoms with E-state index in [0.717, 1.165) is 0 Å². The molecule has 1 unspecified atom stereocenters. The first-order valence-electron chi connectivity index (χ1n) is 5.09. The molecule has 0 fully saturated rings. The van der Waals surface area contributed by atoms with Gasteiger partial charge >= 0.3 is 5.97 Å². The first kappa shape index (κ1) is 12.6. The number of rotatable bonds is 5. The molecule has 1 heterocycles. The minimum Gasteiger partial charge on any atom is -0.477 e. The highest BCUT2D eigenvalue weighted by molar-refractivity contribution is 5.86. The number of nitrogens with zero attached hydrogens (tertiary/aromatic N) is 2. The molecule has 0 radical (unpaired) electrons. The lowest BCUT2D eigenvalue weighted by atomic mass is 10.1. The molecule has 1 aromatic rings. The molecule has 0 aliphatic heterocycles. The van der Waals surface area contributed by atoms with E-state index in [-0.39, 0.29) is 11.6 Å². The van der Waals surface area contributed by atoms with E-state index >= 15 is 0 Å². The number of hydrogen-bond donors (Lipinski definition) is 1. The Kier molecular flexibility index (Phi) is 4.37. The molecule has 16 heavy (non-hydrogen) atoms. The molecule has 0 aliphatic carbocycles. The Morgan fingerprint density at radius 2 is 2.31 bits per heavy atom. The van der Waals surface area contributed by atoms with Crippen LogP contribution in [0.3, 0.4) is 0 Å². The molecule has 0 saturated heterocycles. The summed E-state index contributed by atoms with van der Waals surface area (Å²) < 4.78 is 5.01. The quantitative estimate of drug-likeness (QED) is 0.816. The molecule has 0 spiro atoms. The fourth-order valence-corrected chi connectivity index (χ4v) is 1.45. The lowest BCUT2D eigenvalue weighted by Gasteiger charge is -2.09. The predicted molar refractivity (Wildman–Crippen MR) is 58.5 cm³/mol. The van der Waals surface area contributed by atoms with Crippen LogP contribution in [0, 0.1) is 12.8 Å². The van der Waals surface area contributed by atoms with E-state index < -0.39 is 5.97 Å². The van der Waals surface area contributed by atoms with Crippen LogP contribution in [0.2, 0.25) is 0 Å². The normalized spacial score (nSPS) is 12.4. The van der Waals surface area contributed by atoms with Gasteiger partial charge in [-0.3, -0.25) is 0 Å². The van der Waals surface area contributed by atoms with E-state index in [9.17, 15) is 4.79 Å². The minimum atomic E-state index is -1.01. The fraction of sp³-hybridized carbons (Fsp3) is 0.545. The molecule has 0 bridgehead atoms. The Labute approximate surface area is 94.5 Å². The second kappa shape index (κ2) is 5.55. The zero-order valence-electron chi connectivity index (χ0n) is 9.73. The standard InChI is InChI=1S/C11H16N2O3/c1-7(6-16-3)4-9-12-5-8(2)10(13-9)11(14)15/h5,7H,4,6H2,1-3H3,(H,14,15). The molecule has 0 aliphatic rings. The topological polar surface area (TPSA) is 72.3 Å². The molecule has 5 nitrogen and oxygen atoms in total. The van der Waals surface area contributed by atoms with Crippen molar-refractivity contribution < 1.29 is 14.6 Å². The number of carboxylic acids is 1. The van der Waals surface area contributed by atoms with Gasteiger partial charge in [-0.05, 0) is 12.8 Å². The van der Waals surface area contributed by atoms with Crippen molar-refractivity contribution >= 4 is 5.97 Å². The van der Waals surface area contributed by atoms with Crippen molar-refractivity contribution in [1.29, 1.82) is 0 Å². The van der Waals surface area contributed by atoms with E-state index in [1.54, 1.807) is 20.2 Å². The van der Waals surface area contributed by atoms with Crippen molar-refractivity contribution in [2.24, 2.45) is 5.92 Å². The van der Waals surface area contributed by atoms with Gasteiger partial charge in [0.15, 0.2) is 5.69 Å². The Bertz CT molecular complexity index is 379. The van der Waals surface area contributed by atoms with Crippen LogP contribution in [0.5, 0.6) is 0 Å². The summed E-state index contributed by atoms with van der Waals surface area (Å²) in [5.41, 5.74) is 0.658. The van der Waals surface area contributed by atoms with Crippen LogP contribution in [-0.4, -0.2) is 34.8 Å². The predicted octanol–water partition coefficient (Wildman–Crippen LogP) is 1.31. The van der Waals surface area contributed by atoms with Crippen LogP contribution in [0.4, 0.5) is 0 Å². The Hall–Kier alpha value is -1.49. The maximum atomic E-state index is 10.9. The highest BCUT2D eigenvalue weighted by Gasteiger charge is 2.12. The molecule has 5 heteroatoms. The summed E-state index contributed by atoms with van der Waals surface area (Å²) in [4.78, 5) is 19.0. The molecule has 1 rings (SSSR count). The highest BCUT2D eigenvalue weighted by Crippen LogP contribution is 2.08. The van der Waals surface area contributed by atoms with Gasteiger partial charge in [-0.1, -0.05) is 6.92 Å². The zero-order valence-corrected chi connectivity index (χ0v) is 9.73. The maximum Gasteiger partial charge on any atom is 0.354 e. The number of aromatic nitrogens is 2. The molecule has 1 N–H and O–H groups in total. The van der Waals surface area contributed by atoms with Crippen LogP contribution in [-0.2, 0) is 11.2 Å². The second-order valence-corrected chi connectivity index (χ2v) is 3.89. The van der Waals surface area contributed by atoms with Crippen molar-refractivity contribution in [3.63, 3.8) is 0 Å². The van der Waals surface area contributed by atoms with Crippen molar-refractivity contribution in [1.82, 2.24) is 9.97 Å². The summed E-state index contributed by atoms with van der Waals surface area (Å²) in [5.74, 6) is -0.192. The first-order valence-corrected chi connectivity index (χ1v) is 5.09. The molecule has 1 aromatic heterocycles. The molecule has 0 amide bonds. The molecular formula is C11H16N2O3. The van der Waals surface area contributed by atoms with Crippen LogP contribution >= 0.6 is 0 Å². The van der Waals surface area contributed by atoms with Crippen molar-refractivity contribution in [3.8, 4) is 0 Å². The van der Waals surface area contributed by atoms with Gasteiger partial charge in [0.25, 0.3) is 0 Å². The van der Waals surface area contributed by atoms with Crippen LogP contribution < -0.4 is 0 Å². The largest absolute Gasteiger partial charge is 0.477 e. The third-order valence-corrected chi connectivity index (χ3v) is 2.21. The van der Waals surface area contributed by atoms with Gasteiger partial charge in [0, 0.05) is 31.9 Å². The summed E-state index contributed by atoms with van der Waals surface area (Å²) in [6.45, 7) is 4.30. The van der Waals surface area contributed by atoms with Gasteiger partial charge in [-0.2, -0.15) is 0 Å². The van der Waals surface area contributed by atoms with Crippen LogP contribution in [0.15, 0.2) is 6.20 Å². The van der Waals surface area contributed by atoms with E-state index in [1.165, 1.54) is 0 Å². The average Bonchev–Trinajstić information content (AvgIpc) is 2.21. The number of ether oxygens (including phenoxy) is 1. The third-order valence-electron chi connectivity index (χ3n) is 2.21. The summed E-state index contributed by atoms with van der Waals surface area (Å²) >= 11 is 0. The van der Waals surface area contributed by atoms with Crippen LogP contribution in [0.25, 0.3) is 0 Å². The SMILES string of the molecule is COCC(C)Cc1ncc(C)c(C(=O)O)n1. The molecule has 1 atom stereocenters. The van der Waals surface area contributed by atoms with Gasteiger partial charge in [-0.15, -0.1) is 0 Å². The Morgan fingerprint density at radius 3 is 2.88 bits per heavy atom. The van der Waals surface area contributed by atoms with E-state index in [4.69, 9.17) is 9.84 Å². The minimum absolute atomic E-state index is 0.0783. The molecule has 0 aromatic carbocycles. The Morgan fingerprint density at radius 1 is 1.62 bits per heavy atom. The first-order chi connectivity index (χ1) is 7.54. The van der Waals surface area contributed by atoms with Gasteiger partial charge < -0.3 is 9.84 Å². The lowest BCUT2D eigenvalue weighted by molar-refractivity contribution is 0.0689. The van der Waals surface area contributed by atoms with Crippen molar-refractivity contribution in [2.45, 2.75) is 20.3 Å². The average molecular weight is 224 g/mol. The molecule has 88 valence electrons. The van der Waals surface area contributed by atoms with Crippen molar-refractivity contribution in [2.75, 3.05) is 13.7 Å². The molecule has 0 saturated carbocycles. The number of methoxy groups -OCH3 is 1. The van der Waals surface area contributed by atoms with Gasteiger partial charge in [0.1, 0.15) is 5.82 Å². The number of carboxylic acid groups (broad SMARTS) is 1. The van der Waals surface area contributed by atoms with Crippen LogP contribution in [0.1, 0.15) is 28.8 Å². The second-order valence-electron chi connectivity index (χ2n) is 3.89. The van der Waals surface area contributed by atoms with Gasteiger partial charge in [-0.25, -0.2) is 14.8 Å². The van der Waals surface area contributed by atoms with Crippen molar-refractivity contribution in [3.05, 3.63) is 23.3 Å². The number of aryl methyl sites for hydroxylation is 1. The number of hydrogen-bond acceptors (Lipinski definition) is 4. The fourth-order valence-electron chi connectivity index (χ4n) is 1.45. The van der Waals surface area contributed by atoms with E-state index in [0.29, 0.717) is 24.4 Å². The van der Waals surface area contributed by atoms with E-state index in [1.807, 2.05) is 6.92 Å². The van der Waals surface area contributed by atoms with E-state index in [2.05, 4.69) is 9.97 Å². The number of carbonyl (C=O) groups is 1. The summed E-state index contributed by atoms with van der Waals surface area (Å²) in [6, 6.07) is 0. The zero-order chi connectivity index (χ0) is 12.1. The maximum absolute atomic E-state index is 10.9. The molecular weight excluding hydrogens is 208 g/mol. The number of aromatic carboxylic acids is 1. The summed E-state index contributed by atoms with van der Waals surface area (Å²) in [5, 5.41) is 8.91. The Balaban J connectivity index is 2.82. The third kappa shape index (κ3) is 3.27. The summed E-state index contributed by atoms with van der Waals surface area (Å²) in [7, 11) is 1.63. The monoisotopic (exact) mass is 224 g/mol. The highest BCUT2D eigenvalue weighted by atomic mass is 16.5. The lowest BCUT2D eigenvalue weighted by Crippen LogP contribution is -2.13. The smallest absolute Gasteiger partial charge is 0.354 e.